The summed E-state index contributed by atoms with van der Waals surface area (Å²) in [6.45, 7) is 18.8. The van der Waals surface area contributed by atoms with Gasteiger partial charge < -0.3 is 9.80 Å². The van der Waals surface area contributed by atoms with Gasteiger partial charge in [0.15, 0.2) is 0 Å². The minimum atomic E-state index is -0.0738. The molecule has 0 amide bonds. The van der Waals surface area contributed by atoms with Crippen LogP contribution >= 0.6 is 22.7 Å². The van der Waals surface area contributed by atoms with Crippen LogP contribution in [0.15, 0.2) is 140 Å². The fourth-order valence-electron chi connectivity index (χ4n) is 10.7. The minimum Gasteiger partial charge on any atom is -0.311 e. The van der Waals surface area contributed by atoms with Crippen LogP contribution < -0.4 is 25.5 Å². The summed E-state index contributed by atoms with van der Waals surface area (Å²) in [6, 6.07) is 53.8. The molecule has 5 heteroatoms. The maximum atomic E-state index is 2.62. The fourth-order valence-corrected chi connectivity index (χ4v) is 13.1. The Morgan fingerprint density at radius 1 is 0.500 bits per heavy atom. The first-order valence-corrected chi connectivity index (χ1v) is 23.0. The van der Waals surface area contributed by atoms with E-state index in [2.05, 4.69) is 205 Å². The van der Waals surface area contributed by atoms with Gasteiger partial charge >= 0.3 is 0 Å². The van der Waals surface area contributed by atoms with E-state index >= 15 is 0 Å². The molecular formula is C55H47BN2S2. The molecule has 1 aliphatic carbocycles. The Morgan fingerprint density at radius 3 is 1.95 bits per heavy atom. The van der Waals surface area contributed by atoms with Crippen molar-refractivity contribution >= 4 is 109 Å². The number of nitrogens with zero attached hydrogens (tertiary/aromatic N) is 2. The van der Waals surface area contributed by atoms with Crippen molar-refractivity contribution in [1.82, 2.24) is 0 Å². The minimum absolute atomic E-state index is 0.0124. The molecule has 0 atom stereocenters. The standard InChI is InChI=1S/C55H47BN2S2/c1-53(2,3)32-23-26-34(27-24-32)57-44-19-13-20-45-50(44)56(52-51(57)38-30-37-35-15-9-11-17-39(35)55(7,8)40(37)31-48(38)60-52)41-29-33(54(4,5)6)25-28-42(41)58(45)43-18-14-22-47-49(43)36-16-10-12-21-46(36)59-47/h9-31H,1-8H3. The predicted octanol–water partition coefficient (Wildman–Crippen LogP) is 14.3. The average Bonchev–Trinajstić information content (AvgIpc) is 3.87. The van der Waals surface area contributed by atoms with Crippen LogP contribution in [0.2, 0.25) is 0 Å². The van der Waals surface area contributed by atoms with E-state index in [0.29, 0.717) is 0 Å². The lowest BCUT2D eigenvalue weighted by atomic mass is 9.36. The van der Waals surface area contributed by atoms with Crippen LogP contribution in [0.1, 0.15) is 77.6 Å². The summed E-state index contributed by atoms with van der Waals surface area (Å²) in [5.41, 5.74) is 18.6. The summed E-state index contributed by atoms with van der Waals surface area (Å²) in [7, 11) is 0. The molecule has 0 saturated carbocycles. The third-order valence-electron chi connectivity index (χ3n) is 13.8. The number of hydrogen-bond acceptors (Lipinski definition) is 4. The molecule has 2 aromatic heterocycles. The Bertz CT molecular complexity index is 3280. The maximum Gasteiger partial charge on any atom is 0.264 e. The summed E-state index contributed by atoms with van der Waals surface area (Å²) in [6.07, 6.45) is 0. The van der Waals surface area contributed by atoms with Gasteiger partial charge in [0.05, 0.1) is 11.4 Å². The van der Waals surface area contributed by atoms with Crippen LogP contribution in [-0.2, 0) is 16.2 Å². The van der Waals surface area contributed by atoms with Crippen molar-refractivity contribution in [2.45, 2.75) is 71.6 Å². The van der Waals surface area contributed by atoms with Crippen molar-refractivity contribution in [2.24, 2.45) is 0 Å². The molecular weight excluding hydrogens is 764 g/mol. The van der Waals surface area contributed by atoms with Crippen molar-refractivity contribution in [3.05, 3.63) is 162 Å². The van der Waals surface area contributed by atoms with Crippen molar-refractivity contribution in [3.63, 3.8) is 0 Å². The van der Waals surface area contributed by atoms with Crippen molar-refractivity contribution in [3.8, 4) is 11.1 Å². The highest BCUT2D eigenvalue weighted by molar-refractivity contribution is 7.33. The topological polar surface area (TPSA) is 6.48 Å². The molecule has 0 fully saturated rings. The van der Waals surface area contributed by atoms with Gasteiger partial charge in [0.1, 0.15) is 0 Å². The highest BCUT2D eigenvalue weighted by Crippen LogP contribution is 2.54. The second-order valence-electron chi connectivity index (χ2n) is 19.8. The molecule has 0 radical (unpaired) electrons. The van der Waals surface area contributed by atoms with Gasteiger partial charge in [-0.2, -0.15) is 0 Å². The molecule has 12 rings (SSSR count). The zero-order valence-electron chi connectivity index (χ0n) is 35.6. The summed E-state index contributed by atoms with van der Waals surface area (Å²) >= 11 is 3.90. The number of anilines is 6. The van der Waals surface area contributed by atoms with Crippen molar-refractivity contribution in [2.75, 3.05) is 9.80 Å². The quantitative estimate of drug-likeness (QED) is 0.161. The maximum absolute atomic E-state index is 2.62. The van der Waals surface area contributed by atoms with Gasteiger partial charge in [-0.05, 0) is 116 Å². The van der Waals surface area contributed by atoms with Gasteiger partial charge in [-0.15, -0.1) is 22.7 Å². The zero-order chi connectivity index (χ0) is 41.0. The van der Waals surface area contributed by atoms with Crippen LogP contribution in [0.4, 0.5) is 34.1 Å². The lowest BCUT2D eigenvalue weighted by Gasteiger charge is -2.43. The van der Waals surface area contributed by atoms with E-state index in [4.69, 9.17) is 0 Å². The number of thiophene rings is 2. The summed E-state index contributed by atoms with van der Waals surface area (Å²) in [5, 5.41) is 3.98. The van der Waals surface area contributed by atoms with Crippen LogP contribution in [0.5, 0.6) is 0 Å². The molecule has 60 heavy (non-hydrogen) atoms. The van der Waals surface area contributed by atoms with E-state index in [1.54, 1.807) is 0 Å². The monoisotopic (exact) mass is 810 g/mol. The SMILES string of the molecule is CC(C)(C)c1ccc(N2c3cccc4c3B(c3cc(C(C)(C)C)ccc3N4c3cccc4sc5ccccc5c34)c3sc4cc5c(cc4c32)-c2ccccc2C5(C)C)cc1. The smallest absolute Gasteiger partial charge is 0.264 e. The molecule has 0 spiro atoms. The molecule has 2 nitrogen and oxygen atoms in total. The second-order valence-corrected chi connectivity index (χ2v) is 21.9. The van der Waals surface area contributed by atoms with Crippen LogP contribution in [0.25, 0.3) is 41.4 Å². The van der Waals surface area contributed by atoms with E-state index in [1.807, 2.05) is 22.7 Å². The lowest BCUT2D eigenvalue weighted by Crippen LogP contribution is -2.60. The third-order valence-corrected chi connectivity index (χ3v) is 16.1. The van der Waals surface area contributed by atoms with Crippen molar-refractivity contribution in [1.29, 1.82) is 0 Å². The van der Waals surface area contributed by atoms with Gasteiger partial charge in [-0.3, -0.25) is 0 Å². The van der Waals surface area contributed by atoms with Gasteiger partial charge in [0, 0.05) is 63.2 Å². The largest absolute Gasteiger partial charge is 0.311 e. The normalized spacial score (nSPS) is 15.0. The van der Waals surface area contributed by atoms with E-state index in [-0.39, 0.29) is 23.0 Å². The van der Waals surface area contributed by atoms with E-state index < -0.39 is 0 Å². The van der Waals surface area contributed by atoms with Gasteiger partial charge in [0.25, 0.3) is 6.71 Å². The van der Waals surface area contributed by atoms with Gasteiger partial charge in [-0.25, -0.2) is 0 Å². The number of fused-ring (bicyclic) bond motifs is 12. The molecule has 3 aliphatic rings. The Morgan fingerprint density at radius 2 is 1.17 bits per heavy atom. The summed E-state index contributed by atoms with van der Waals surface area (Å²) in [5.74, 6) is 0. The van der Waals surface area contributed by atoms with Gasteiger partial charge in [0.2, 0.25) is 0 Å². The predicted molar refractivity (Wildman–Crippen MR) is 264 cm³/mol. The van der Waals surface area contributed by atoms with Crippen LogP contribution in [0, 0.1) is 0 Å². The highest BCUT2D eigenvalue weighted by atomic mass is 32.1. The molecule has 7 aromatic carbocycles. The Balaban J connectivity index is 1.19. The third kappa shape index (κ3) is 4.94. The number of rotatable bonds is 2. The first kappa shape index (κ1) is 36.3. The molecule has 292 valence electrons. The number of benzene rings is 7. The molecule has 0 N–H and O–H groups in total. The summed E-state index contributed by atoms with van der Waals surface area (Å²) < 4.78 is 5.42. The molecule has 2 aliphatic heterocycles. The Labute approximate surface area is 361 Å². The second kappa shape index (κ2) is 12.2. The van der Waals surface area contributed by atoms with Crippen molar-refractivity contribution < 1.29 is 0 Å². The van der Waals surface area contributed by atoms with Crippen LogP contribution in [0.3, 0.4) is 0 Å². The molecule has 9 aromatic rings. The molecule has 0 bridgehead atoms. The zero-order valence-corrected chi connectivity index (χ0v) is 37.2. The molecule has 0 saturated heterocycles. The number of hydrogen-bond donors (Lipinski definition) is 0. The highest BCUT2D eigenvalue weighted by Gasteiger charge is 2.46. The van der Waals surface area contributed by atoms with E-state index in [0.717, 1.165) is 0 Å². The lowest BCUT2D eigenvalue weighted by molar-refractivity contribution is 0.590. The first-order valence-electron chi connectivity index (χ1n) is 21.4. The first-order chi connectivity index (χ1) is 28.8. The average molecular weight is 811 g/mol. The Kier molecular flexibility index (Phi) is 7.40. The van der Waals surface area contributed by atoms with Crippen LogP contribution in [-0.4, -0.2) is 6.71 Å². The van der Waals surface area contributed by atoms with Gasteiger partial charge in [-0.1, -0.05) is 134 Å². The molecule has 0 unspecified atom stereocenters. The van der Waals surface area contributed by atoms with E-state index in [9.17, 15) is 0 Å². The fraction of sp³-hybridized carbons (Fsp3) is 0.200. The molecule has 4 heterocycles. The van der Waals surface area contributed by atoms with E-state index in [1.165, 1.54) is 113 Å². The summed E-state index contributed by atoms with van der Waals surface area (Å²) in [4.78, 5) is 5.22. The Hall–Kier alpha value is -5.62.